The third kappa shape index (κ3) is 5.53. The highest BCUT2D eigenvalue weighted by molar-refractivity contribution is 9.09. The van der Waals surface area contributed by atoms with E-state index in [0.717, 1.165) is 12.0 Å². The highest BCUT2D eigenvalue weighted by Gasteiger charge is 2.20. The molecule has 2 nitrogen and oxygen atoms in total. The van der Waals surface area contributed by atoms with E-state index in [1.54, 1.807) is 0 Å². The molecular weight excluding hydrogens is 312 g/mol. The van der Waals surface area contributed by atoms with Crippen LogP contribution in [0.1, 0.15) is 31.7 Å². The maximum absolute atomic E-state index is 12.1. The fourth-order valence-electron chi connectivity index (χ4n) is 1.76. The zero-order chi connectivity index (χ0) is 13.6. The van der Waals surface area contributed by atoms with Crippen molar-refractivity contribution in [1.29, 1.82) is 0 Å². The Balaban J connectivity index is 2.69. The van der Waals surface area contributed by atoms with E-state index in [2.05, 4.69) is 29.8 Å². The lowest BCUT2D eigenvalue weighted by Gasteiger charge is -2.15. The maximum Gasteiger partial charge on any atom is 0.150 e. The van der Waals surface area contributed by atoms with E-state index in [1.165, 1.54) is 0 Å². The lowest BCUT2D eigenvalue weighted by Crippen LogP contribution is -2.19. The Kier molecular flexibility index (Phi) is 6.36. The number of halogens is 1. The SMILES string of the molecule is CC(C)CCS(=O)(=O)CC(CBr)c1ccccc1. The van der Waals surface area contributed by atoms with Crippen LogP contribution in [0.5, 0.6) is 0 Å². The molecule has 1 rings (SSSR count). The van der Waals surface area contributed by atoms with E-state index < -0.39 is 9.84 Å². The van der Waals surface area contributed by atoms with Gasteiger partial charge in [-0.1, -0.05) is 60.1 Å². The van der Waals surface area contributed by atoms with Crippen molar-refractivity contribution in [3.63, 3.8) is 0 Å². The Bertz CT molecular complexity index is 440. The number of benzene rings is 1. The van der Waals surface area contributed by atoms with Gasteiger partial charge in [0.05, 0.1) is 11.5 Å². The Labute approximate surface area is 119 Å². The summed E-state index contributed by atoms with van der Waals surface area (Å²) in [6, 6.07) is 9.83. The second kappa shape index (κ2) is 7.29. The lowest BCUT2D eigenvalue weighted by atomic mass is 10.0. The first kappa shape index (κ1) is 15.7. The zero-order valence-electron chi connectivity index (χ0n) is 11.0. The van der Waals surface area contributed by atoms with Gasteiger partial charge in [-0.15, -0.1) is 0 Å². The van der Waals surface area contributed by atoms with E-state index in [9.17, 15) is 8.42 Å². The Hall–Kier alpha value is -0.350. The molecule has 0 amide bonds. The standard InChI is InChI=1S/C14H21BrO2S/c1-12(2)8-9-18(16,17)11-14(10-15)13-6-4-3-5-7-13/h3-7,12,14H,8-11H2,1-2H3. The van der Waals surface area contributed by atoms with Crippen LogP contribution in [0.15, 0.2) is 30.3 Å². The van der Waals surface area contributed by atoms with Gasteiger partial charge in [-0.25, -0.2) is 8.42 Å². The van der Waals surface area contributed by atoms with Crippen molar-refractivity contribution in [1.82, 2.24) is 0 Å². The Morgan fingerprint density at radius 1 is 1.17 bits per heavy atom. The highest BCUT2D eigenvalue weighted by Crippen LogP contribution is 2.21. The molecule has 0 radical (unpaired) electrons. The summed E-state index contributed by atoms with van der Waals surface area (Å²) in [6.45, 7) is 4.10. The van der Waals surface area contributed by atoms with Gasteiger partial charge in [0, 0.05) is 11.2 Å². The molecule has 102 valence electrons. The maximum atomic E-state index is 12.1. The van der Waals surface area contributed by atoms with Crippen LogP contribution in [0, 0.1) is 5.92 Å². The summed E-state index contributed by atoms with van der Waals surface area (Å²) in [5.41, 5.74) is 1.09. The van der Waals surface area contributed by atoms with Crippen molar-refractivity contribution in [2.75, 3.05) is 16.8 Å². The monoisotopic (exact) mass is 332 g/mol. The number of hydrogen-bond acceptors (Lipinski definition) is 2. The number of alkyl halides is 1. The molecule has 1 atom stereocenters. The van der Waals surface area contributed by atoms with Gasteiger partial charge in [-0.3, -0.25) is 0 Å². The molecule has 4 heteroatoms. The Morgan fingerprint density at radius 2 is 1.78 bits per heavy atom. The minimum atomic E-state index is -2.97. The second-order valence-corrected chi connectivity index (χ2v) is 7.93. The molecule has 0 aliphatic rings. The van der Waals surface area contributed by atoms with Crippen LogP contribution < -0.4 is 0 Å². The third-order valence-electron chi connectivity index (χ3n) is 2.92. The van der Waals surface area contributed by atoms with E-state index in [1.807, 2.05) is 30.3 Å². The first-order valence-corrected chi connectivity index (χ1v) is 9.20. The molecule has 0 aliphatic carbocycles. The minimum Gasteiger partial charge on any atom is -0.229 e. The summed E-state index contributed by atoms with van der Waals surface area (Å²) in [6.07, 6.45) is 0.742. The fraction of sp³-hybridized carbons (Fsp3) is 0.571. The van der Waals surface area contributed by atoms with Crippen molar-refractivity contribution in [3.8, 4) is 0 Å². The van der Waals surface area contributed by atoms with Crippen LogP contribution in [0.3, 0.4) is 0 Å². The quantitative estimate of drug-likeness (QED) is 0.714. The van der Waals surface area contributed by atoms with Gasteiger partial charge in [-0.05, 0) is 17.9 Å². The van der Waals surface area contributed by atoms with E-state index in [-0.39, 0.29) is 11.7 Å². The Morgan fingerprint density at radius 3 is 2.28 bits per heavy atom. The van der Waals surface area contributed by atoms with Crippen LogP contribution >= 0.6 is 15.9 Å². The molecule has 18 heavy (non-hydrogen) atoms. The van der Waals surface area contributed by atoms with Gasteiger partial charge in [0.15, 0.2) is 9.84 Å². The molecule has 0 fully saturated rings. The summed E-state index contributed by atoms with van der Waals surface area (Å²) in [7, 11) is -2.97. The van der Waals surface area contributed by atoms with Gasteiger partial charge in [0.2, 0.25) is 0 Å². The smallest absolute Gasteiger partial charge is 0.150 e. The van der Waals surface area contributed by atoms with Crippen molar-refractivity contribution >= 4 is 25.8 Å². The highest BCUT2D eigenvalue weighted by atomic mass is 79.9. The normalized spacial score (nSPS) is 13.8. The first-order chi connectivity index (χ1) is 8.44. The van der Waals surface area contributed by atoms with Crippen LogP contribution in [0.25, 0.3) is 0 Å². The van der Waals surface area contributed by atoms with Crippen LogP contribution in [-0.4, -0.2) is 25.3 Å². The van der Waals surface area contributed by atoms with Gasteiger partial charge in [0.25, 0.3) is 0 Å². The molecule has 1 aromatic rings. The number of sulfone groups is 1. The molecule has 0 N–H and O–H groups in total. The molecule has 1 unspecified atom stereocenters. The summed E-state index contributed by atoms with van der Waals surface area (Å²) < 4.78 is 24.1. The van der Waals surface area contributed by atoms with Crippen LogP contribution in [0.4, 0.5) is 0 Å². The van der Waals surface area contributed by atoms with E-state index in [0.29, 0.717) is 17.0 Å². The fourth-order valence-corrected chi connectivity index (χ4v) is 4.59. The lowest BCUT2D eigenvalue weighted by molar-refractivity contribution is 0.570. The average Bonchev–Trinajstić information content (AvgIpc) is 2.35. The summed E-state index contributed by atoms with van der Waals surface area (Å²) >= 11 is 3.42. The molecule has 0 saturated carbocycles. The third-order valence-corrected chi connectivity index (χ3v) is 5.47. The van der Waals surface area contributed by atoms with Crippen molar-refractivity contribution in [2.45, 2.75) is 26.2 Å². The van der Waals surface area contributed by atoms with E-state index >= 15 is 0 Å². The summed E-state index contributed by atoms with van der Waals surface area (Å²) in [4.78, 5) is 0. The summed E-state index contributed by atoms with van der Waals surface area (Å²) in [5.74, 6) is 0.998. The van der Waals surface area contributed by atoms with Crippen molar-refractivity contribution in [2.24, 2.45) is 5.92 Å². The summed E-state index contributed by atoms with van der Waals surface area (Å²) in [5, 5.41) is 0.678. The van der Waals surface area contributed by atoms with Crippen LogP contribution in [-0.2, 0) is 9.84 Å². The van der Waals surface area contributed by atoms with Crippen LogP contribution in [0.2, 0.25) is 0 Å². The average molecular weight is 333 g/mol. The van der Waals surface area contributed by atoms with Gasteiger partial charge >= 0.3 is 0 Å². The second-order valence-electron chi connectivity index (χ2n) is 5.06. The van der Waals surface area contributed by atoms with Gasteiger partial charge in [-0.2, -0.15) is 0 Å². The zero-order valence-corrected chi connectivity index (χ0v) is 13.4. The molecule has 0 aliphatic heterocycles. The predicted molar refractivity (Wildman–Crippen MR) is 81.1 cm³/mol. The molecule has 0 heterocycles. The minimum absolute atomic E-state index is 0.0448. The van der Waals surface area contributed by atoms with Crippen molar-refractivity contribution < 1.29 is 8.42 Å². The topological polar surface area (TPSA) is 34.1 Å². The molecule has 0 spiro atoms. The molecular formula is C14H21BrO2S. The molecule has 0 saturated heterocycles. The van der Waals surface area contributed by atoms with E-state index in [4.69, 9.17) is 0 Å². The largest absolute Gasteiger partial charge is 0.229 e. The van der Waals surface area contributed by atoms with Gasteiger partial charge in [0.1, 0.15) is 0 Å². The molecule has 0 aromatic heterocycles. The predicted octanol–water partition coefficient (Wildman–Crippen LogP) is 3.63. The van der Waals surface area contributed by atoms with Gasteiger partial charge < -0.3 is 0 Å². The molecule has 0 bridgehead atoms. The van der Waals surface area contributed by atoms with Crippen molar-refractivity contribution in [3.05, 3.63) is 35.9 Å². The number of hydrogen-bond donors (Lipinski definition) is 0. The number of rotatable bonds is 7. The first-order valence-electron chi connectivity index (χ1n) is 6.26. The molecule has 1 aromatic carbocycles.